The molecular weight excluding hydrogens is 391 g/mol. The molecule has 2 N–H and O–H groups in total. The predicted molar refractivity (Wildman–Crippen MR) is 95.2 cm³/mol. The molecule has 0 aliphatic carbocycles. The van der Waals surface area contributed by atoms with Crippen LogP contribution in [-0.2, 0) is 24.1 Å². The number of anilines is 1. The van der Waals surface area contributed by atoms with Gasteiger partial charge in [-0.05, 0) is 23.8 Å². The third kappa shape index (κ3) is 5.43. The van der Waals surface area contributed by atoms with Crippen molar-refractivity contribution in [3.63, 3.8) is 0 Å². The zero-order valence-electron chi connectivity index (χ0n) is 14.9. The van der Waals surface area contributed by atoms with Gasteiger partial charge in [-0.15, -0.1) is 0 Å². The lowest BCUT2D eigenvalue weighted by Crippen LogP contribution is -2.13. The van der Waals surface area contributed by atoms with Gasteiger partial charge in [0.1, 0.15) is 0 Å². The molecule has 8 nitrogen and oxygen atoms in total. The molecule has 2 heterocycles. The highest BCUT2D eigenvalue weighted by molar-refractivity contribution is 6.02. The van der Waals surface area contributed by atoms with Gasteiger partial charge in [-0.3, -0.25) is 19.0 Å². The molecule has 152 valence electrons. The van der Waals surface area contributed by atoms with Crippen molar-refractivity contribution in [1.29, 1.82) is 0 Å². The van der Waals surface area contributed by atoms with Crippen LogP contribution in [0.15, 0.2) is 48.9 Å². The lowest BCUT2D eigenvalue weighted by Gasteiger charge is -2.08. The molecule has 3 rings (SSSR count). The van der Waals surface area contributed by atoms with Gasteiger partial charge in [-0.1, -0.05) is 12.1 Å². The van der Waals surface area contributed by atoms with Crippen LogP contribution < -0.4 is 5.32 Å². The molecule has 0 fully saturated rings. The molecule has 0 saturated heterocycles. The largest absolute Gasteiger partial charge is 0.481 e. The van der Waals surface area contributed by atoms with Crippen LogP contribution in [0.3, 0.4) is 0 Å². The number of aryl methyl sites for hydroxylation is 1. The number of alkyl halides is 3. The first-order valence-electron chi connectivity index (χ1n) is 8.46. The average molecular weight is 407 g/mol. The molecule has 0 spiro atoms. The van der Waals surface area contributed by atoms with E-state index < -0.39 is 23.6 Å². The van der Waals surface area contributed by atoms with Crippen LogP contribution in [0.25, 0.3) is 0 Å². The maximum atomic E-state index is 12.8. The van der Waals surface area contributed by atoms with E-state index in [1.807, 2.05) is 0 Å². The predicted octanol–water partition coefficient (Wildman–Crippen LogP) is 2.87. The SMILES string of the molecule is O=C(O)CCn1ccc(C(=O)Nc2cnn(Cc3cccc(C(F)(F)F)c3)c2)n1. The van der Waals surface area contributed by atoms with Gasteiger partial charge in [0.2, 0.25) is 0 Å². The Kier molecular flexibility index (Phi) is 5.66. The minimum Gasteiger partial charge on any atom is -0.481 e. The summed E-state index contributed by atoms with van der Waals surface area (Å²) in [5.41, 5.74) is 0.121. The molecule has 0 unspecified atom stereocenters. The highest BCUT2D eigenvalue weighted by Crippen LogP contribution is 2.29. The van der Waals surface area contributed by atoms with Gasteiger partial charge in [0.25, 0.3) is 5.91 Å². The van der Waals surface area contributed by atoms with Crippen molar-refractivity contribution in [3.8, 4) is 0 Å². The normalized spacial score (nSPS) is 11.4. The summed E-state index contributed by atoms with van der Waals surface area (Å²) in [6.07, 6.45) is -0.195. The minimum atomic E-state index is -4.42. The van der Waals surface area contributed by atoms with Crippen molar-refractivity contribution in [1.82, 2.24) is 19.6 Å². The van der Waals surface area contributed by atoms with Crippen LogP contribution in [0.4, 0.5) is 18.9 Å². The zero-order chi connectivity index (χ0) is 21.0. The number of carbonyl (C=O) groups excluding carboxylic acids is 1. The molecule has 0 atom stereocenters. The Labute approximate surface area is 162 Å². The van der Waals surface area contributed by atoms with E-state index >= 15 is 0 Å². The van der Waals surface area contributed by atoms with Crippen molar-refractivity contribution in [2.75, 3.05) is 5.32 Å². The average Bonchev–Trinajstić information content (AvgIpc) is 3.29. The summed E-state index contributed by atoms with van der Waals surface area (Å²) in [7, 11) is 0. The second-order valence-electron chi connectivity index (χ2n) is 6.19. The Balaban J connectivity index is 1.62. The van der Waals surface area contributed by atoms with E-state index in [2.05, 4.69) is 15.5 Å². The maximum absolute atomic E-state index is 12.8. The monoisotopic (exact) mass is 407 g/mol. The number of rotatable bonds is 7. The van der Waals surface area contributed by atoms with E-state index in [1.54, 1.807) is 6.07 Å². The van der Waals surface area contributed by atoms with Crippen molar-refractivity contribution in [3.05, 3.63) is 65.7 Å². The van der Waals surface area contributed by atoms with Gasteiger partial charge in [0, 0.05) is 12.4 Å². The van der Waals surface area contributed by atoms with Crippen LogP contribution in [0.1, 0.15) is 28.0 Å². The van der Waals surface area contributed by atoms with Crippen LogP contribution >= 0.6 is 0 Å². The molecule has 1 amide bonds. The number of carboxylic acid groups (broad SMARTS) is 1. The minimum absolute atomic E-state index is 0.0982. The Hall–Kier alpha value is -3.63. The molecule has 0 bridgehead atoms. The Morgan fingerprint density at radius 3 is 2.69 bits per heavy atom. The van der Waals surface area contributed by atoms with Gasteiger partial charge < -0.3 is 10.4 Å². The first-order chi connectivity index (χ1) is 13.7. The Morgan fingerprint density at radius 1 is 1.17 bits per heavy atom. The molecule has 0 aliphatic heterocycles. The fourth-order valence-electron chi connectivity index (χ4n) is 2.56. The molecular formula is C18H16F3N5O3. The molecule has 0 radical (unpaired) electrons. The van der Waals surface area contributed by atoms with Crippen molar-refractivity contribution < 1.29 is 27.9 Å². The smallest absolute Gasteiger partial charge is 0.416 e. The third-order valence-electron chi connectivity index (χ3n) is 3.92. The number of hydrogen-bond donors (Lipinski definition) is 2. The van der Waals surface area contributed by atoms with Crippen LogP contribution in [0, 0.1) is 0 Å². The summed E-state index contributed by atoms with van der Waals surface area (Å²) in [4.78, 5) is 22.8. The van der Waals surface area contributed by atoms with Crippen molar-refractivity contribution in [2.24, 2.45) is 0 Å². The third-order valence-corrected chi connectivity index (χ3v) is 3.92. The highest BCUT2D eigenvalue weighted by Gasteiger charge is 2.30. The fourth-order valence-corrected chi connectivity index (χ4v) is 2.56. The Bertz CT molecular complexity index is 1030. The summed E-state index contributed by atoms with van der Waals surface area (Å²) in [5.74, 6) is -1.49. The van der Waals surface area contributed by atoms with Crippen LogP contribution in [0.2, 0.25) is 0 Å². The topological polar surface area (TPSA) is 102 Å². The molecule has 3 aromatic rings. The van der Waals surface area contributed by atoms with Gasteiger partial charge >= 0.3 is 12.1 Å². The number of carbonyl (C=O) groups is 2. The lowest BCUT2D eigenvalue weighted by atomic mass is 10.1. The summed E-state index contributed by atoms with van der Waals surface area (Å²) in [6, 6.07) is 6.37. The fraction of sp³-hybridized carbons (Fsp3) is 0.222. The number of benzene rings is 1. The number of halogens is 3. The van der Waals surface area contributed by atoms with Crippen molar-refractivity contribution in [2.45, 2.75) is 25.7 Å². The number of amides is 1. The van der Waals surface area contributed by atoms with E-state index in [-0.39, 0.29) is 25.2 Å². The zero-order valence-corrected chi connectivity index (χ0v) is 14.9. The number of carboxylic acids is 1. The highest BCUT2D eigenvalue weighted by atomic mass is 19.4. The Morgan fingerprint density at radius 2 is 1.97 bits per heavy atom. The van der Waals surface area contributed by atoms with E-state index in [1.165, 1.54) is 40.1 Å². The number of hydrogen-bond acceptors (Lipinski definition) is 4. The molecule has 0 saturated carbocycles. The molecule has 1 aromatic carbocycles. The quantitative estimate of drug-likeness (QED) is 0.627. The standard InChI is InChI=1S/C18H16F3N5O3/c19-18(20,21)13-3-1-2-12(8-13)10-26-11-14(9-22-26)23-17(29)15-4-6-25(24-15)7-5-16(27)28/h1-4,6,8-9,11H,5,7,10H2,(H,23,29)(H,27,28). The number of aliphatic carboxylic acids is 1. The van der Waals surface area contributed by atoms with Crippen molar-refractivity contribution >= 4 is 17.6 Å². The molecule has 2 aromatic heterocycles. The van der Waals surface area contributed by atoms with Crippen LogP contribution in [0.5, 0.6) is 0 Å². The lowest BCUT2D eigenvalue weighted by molar-refractivity contribution is -0.138. The van der Waals surface area contributed by atoms with Gasteiger partial charge in [-0.2, -0.15) is 23.4 Å². The second-order valence-corrected chi connectivity index (χ2v) is 6.19. The first-order valence-corrected chi connectivity index (χ1v) is 8.46. The molecule has 11 heteroatoms. The molecule has 29 heavy (non-hydrogen) atoms. The van der Waals surface area contributed by atoms with Gasteiger partial charge in [0.15, 0.2) is 5.69 Å². The van der Waals surface area contributed by atoms with E-state index in [4.69, 9.17) is 5.11 Å². The summed E-state index contributed by atoms with van der Waals surface area (Å²) < 4.78 is 41.1. The number of nitrogens with one attached hydrogen (secondary N) is 1. The van der Waals surface area contributed by atoms with Gasteiger partial charge in [-0.25, -0.2) is 0 Å². The maximum Gasteiger partial charge on any atom is 0.416 e. The summed E-state index contributed by atoms with van der Waals surface area (Å²) in [6.45, 7) is 0.237. The van der Waals surface area contributed by atoms with Crippen LogP contribution in [-0.4, -0.2) is 36.5 Å². The van der Waals surface area contributed by atoms with E-state index in [0.717, 1.165) is 12.1 Å². The first kappa shape index (κ1) is 20.1. The molecule has 0 aliphatic rings. The van der Waals surface area contributed by atoms with Gasteiger partial charge in [0.05, 0.1) is 37.0 Å². The number of aromatic nitrogens is 4. The summed E-state index contributed by atoms with van der Waals surface area (Å²) >= 11 is 0. The number of nitrogens with zero attached hydrogens (tertiary/aromatic N) is 4. The second kappa shape index (κ2) is 8.17. The van der Waals surface area contributed by atoms with E-state index in [9.17, 15) is 22.8 Å². The van der Waals surface area contributed by atoms with E-state index in [0.29, 0.717) is 11.3 Å². The summed E-state index contributed by atoms with van der Waals surface area (Å²) in [5, 5.41) is 19.3.